The topological polar surface area (TPSA) is 58.4 Å². The van der Waals surface area contributed by atoms with Crippen molar-refractivity contribution in [3.63, 3.8) is 0 Å². The van der Waals surface area contributed by atoms with E-state index in [9.17, 15) is 4.79 Å². The number of hydrogen-bond acceptors (Lipinski definition) is 3. The van der Waals surface area contributed by atoms with Crippen molar-refractivity contribution in [3.8, 4) is 0 Å². The fourth-order valence-electron chi connectivity index (χ4n) is 3.09. The van der Waals surface area contributed by atoms with Gasteiger partial charge in [-0.1, -0.05) is 19.1 Å². The zero-order chi connectivity index (χ0) is 15.2. The lowest BCUT2D eigenvalue weighted by Gasteiger charge is -2.20. The normalized spacial score (nSPS) is 22.4. The summed E-state index contributed by atoms with van der Waals surface area (Å²) in [6.07, 6.45) is 2.78. The van der Waals surface area contributed by atoms with Gasteiger partial charge >= 0.3 is 0 Å². The Balaban J connectivity index is 1.69. The molecule has 1 aromatic carbocycles. The molecule has 21 heavy (non-hydrogen) atoms. The fraction of sp³-hybridized carbons (Fsp3) is 0.588. The Morgan fingerprint density at radius 2 is 2.05 bits per heavy atom. The maximum Gasteiger partial charge on any atom is 0.224 e. The Bertz CT molecular complexity index is 458. The van der Waals surface area contributed by atoms with Crippen molar-refractivity contribution < 1.29 is 4.79 Å². The van der Waals surface area contributed by atoms with Crippen molar-refractivity contribution in [2.45, 2.75) is 45.7 Å². The van der Waals surface area contributed by atoms with Crippen molar-refractivity contribution in [2.24, 2.45) is 11.7 Å². The van der Waals surface area contributed by atoms with Crippen LogP contribution in [0.15, 0.2) is 24.3 Å². The molecule has 1 aliphatic rings. The van der Waals surface area contributed by atoms with E-state index in [1.165, 1.54) is 13.0 Å². The van der Waals surface area contributed by atoms with Crippen molar-refractivity contribution in [1.82, 2.24) is 4.90 Å². The molecule has 4 heteroatoms. The first-order valence-electron chi connectivity index (χ1n) is 7.91. The van der Waals surface area contributed by atoms with Gasteiger partial charge in [-0.3, -0.25) is 4.79 Å². The molecule has 2 rings (SSSR count). The monoisotopic (exact) mass is 289 g/mol. The summed E-state index contributed by atoms with van der Waals surface area (Å²) in [7, 11) is 0. The second-order valence-corrected chi connectivity index (χ2v) is 6.24. The predicted octanol–water partition coefficient (Wildman–Crippen LogP) is 2.59. The van der Waals surface area contributed by atoms with Gasteiger partial charge in [0.2, 0.25) is 5.91 Å². The molecule has 1 amide bonds. The van der Waals surface area contributed by atoms with E-state index >= 15 is 0 Å². The van der Waals surface area contributed by atoms with Crippen molar-refractivity contribution in [2.75, 3.05) is 18.4 Å². The van der Waals surface area contributed by atoms with Crippen LogP contribution in [0.1, 0.15) is 38.7 Å². The highest BCUT2D eigenvalue weighted by atomic mass is 16.1. The quantitative estimate of drug-likeness (QED) is 0.846. The zero-order valence-electron chi connectivity index (χ0n) is 13.1. The molecule has 0 spiro atoms. The number of benzene rings is 1. The largest absolute Gasteiger partial charge is 0.326 e. The Morgan fingerprint density at radius 3 is 2.62 bits per heavy atom. The second kappa shape index (κ2) is 7.57. The third-order valence-corrected chi connectivity index (χ3v) is 4.24. The van der Waals surface area contributed by atoms with E-state index in [2.05, 4.69) is 24.1 Å². The number of anilines is 1. The molecule has 1 aromatic rings. The van der Waals surface area contributed by atoms with Crippen LogP contribution in [0.3, 0.4) is 0 Å². The average Bonchev–Trinajstić information content (AvgIpc) is 2.78. The van der Waals surface area contributed by atoms with E-state index in [1.54, 1.807) is 0 Å². The Hall–Kier alpha value is -1.39. The zero-order valence-corrected chi connectivity index (χ0v) is 13.1. The Labute approximate surface area is 127 Å². The average molecular weight is 289 g/mol. The third kappa shape index (κ3) is 4.83. The van der Waals surface area contributed by atoms with Gasteiger partial charge in [-0.15, -0.1) is 0 Å². The van der Waals surface area contributed by atoms with Gasteiger partial charge in [0, 0.05) is 31.2 Å². The van der Waals surface area contributed by atoms with Gasteiger partial charge in [-0.05, 0) is 49.9 Å². The summed E-state index contributed by atoms with van der Waals surface area (Å²) in [5.41, 5.74) is 7.48. The first-order chi connectivity index (χ1) is 10.1. The van der Waals surface area contributed by atoms with E-state index in [1.807, 2.05) is 24.3 Å². The van der Waals surface area contributed by atoms with Crippen molar-refractivity contribution in [1.29, 1.82) is 0 Å². The summed E-state index contributed by atoms with van der Waals surface area (Å²) in [6, 6.07) is 8.37. The number of nitrogens with zero attached hydrogens (tertiary/aromatic N) is 1. The van der Waals surface area contributed by atoms with Gasteiger partial charge < -0.3 is 16.0 Å². The summed E-state index contributed by atoms with van der Waals surface area (Å²) in [5, 5.41) is 2.94. The van der Waals surface area contributed by atoms with Crippen LogP contribution in [0.2, 0.25) is 0 Å². The molecule has 0 aromatic heterocycles. The van der Waals surface area contributed by atoms with Gasteiger partial charge in [-0.2, -0.15) is 0 Å². The minimum absolute atomic E-state index is 0.0930. The molecule has 0 saturated carbocycles. The number of likely N-dealkylation sites (tertiary alicyclic amines) is 1. The fourth-order valence-corrected chi connectivity index (χ4v) is 3.09. The van der Waals surface area contributed by atoms with Gasteiger partial charge in [0.15, 0.2) is 0 Å². The number of rotatable bonds is 6. The SMILES string of the molecule is CC1CC(C)N(CCCC(=O)Nc2ccc(CN)cc2)C1. The molecule has 4 nitrogen and oxygen atoms in total. The summed E-state index contributed by atoms with van der Waals surface area (Å²) in [6.45, 7) is 7.30. The highest BCUT2D eigenvalue weighted by Gasteiger charge is 2.25. The van der Waals surface area contributed by atoms with Gasteiger partial charge in [0.1, 0.15) is 0 Å². The molecule has 1 aliphatic heterocycles. The van der Waals surface area contributed by atoms with Crippen LogP contribution in [-0.4, -0.2) is 29.9 Å². The second-order valence-electron chi connectivity index (χ2n) is 6.24. The van der Waals surface area contributed by atoms with Gasteiger partial charge in [0.25, 0.3) is 0 Å². The molecule has 0 aliphatic carbocycles. The highest BCUT2D eigenvalue weighted by molar-refractivity contribution is 5.90. The molecule has 116 valence electrons. The first kappa shape index (κ1) is 16.0. The summed E-state index contributed by atoms with van der Waals surface area (Å²) in [4.78, 5) is 14.4. The maximum absolute atomic E-state index is 11.9. The summed E-state index contributed by atoms with van der Waals surface area (Å²) >= 11 is 0. The van der Waals surface area contributed by atoms with E-state index in [-0.39, 0.29) is 5.91 Å². The molecule has 2 atom stereocenters. The number of carbonyl (C=O) groups excluding carboxylic acids is 1. The van der Waals surface area contributed by atoms with Crippen LogP contribution in [-0.2, 0) is 11.3 Å². The van der Waals surface area contributed by atoms with E-state index in [0.29, 0.717) is 19.0 Å². The third-order valence-electron chi connectivity index (χ3n) is 4.24. The Kier molecular flexibility index (Phi) is 5.76. The van der Waals surface area contributed by atoms with Crippen molar-refractivity contribution >= 4 is 11.6 Å². The van der Waals surface area contributed by atoms with Crippen LogP contribution in [0.4, 0.5) is 5.69 Å². The lowest BCUT2D eigenvalue weighted by Crippen LogP contribution is -2.28. The van der Waals surface area contributed by atoms with Gasteiger partial charge in [-0.25, -0.2) is 0 Å². The standard InChI is InChI=1S/C17H27N3O/c1-13-10-14(2)20(12-13)9-3-4-17(21)19-16-7-5-15(11-18)6-8-16/h5-8,13-14H,3-4,9-12,18H2,1-2H3,(H,19,21). The van der Waals surface area contributed by atoms with Crippen LogP contribution < -0.4 is 11.1 Å². The molecular formula is C17H27N3O. The molecule has 1 saturated heterocycles. The first-order valence-corrected chi connectivity index (χ1v) is 7.91. The molecule has 0 bridgehead atoms. The summed E-state index contributed by atoms with van der Waals surface area (Å²) < 4.78 is 0. The van der Waals surface area contributed by atoms with E-state index in [4.69, 9.17) is 5.73 Å². The summed E-state index contributed by atoms with van der Waals surface area (Å²) in [5.74, 6) is 0.880. The van der Waals surface area contributed by atoms with Crippen LogP contribution in [0.25, 0.3) is 0 Å². The number of carbonyl (C=O) groups is 1. The molecule has 1 heterocycles. The van der Waals surface area contributed by atoms with Crippen molar-refractivity contribution in [3.05, 3.63) is 29.8 Å². The number of amides is 1. The van der Waals surface area contributed by atoms with Crippen LogP contribution in [0.5, 0.6) is 0 Å². The number of hydrogen-bond donors (Lipinski definition) is 2. The molecule has 3 N–H and O–H groups in total. The Morgan fingerprint density at radius 1 is 1.33 bits per heavy atom. The minimum Gasteiger partial charge on any atom is -0.326 e. The van der Waals surface area contributed by atoms with Crippen LogP contribution in [0, 0.1) is 5.92 Å². The molecule has 0 radical (unpaired) electrons. The minimum atomic E-state index is 0.0930. The smallest absolute Gasteiger partial charge is 0.224 e. The van der Waals surface area contributed by atoms with E-state index < -0.39 is 0 Å². The number of nitrogens with one attached hydrogen (secondary N) is 1. The predicted molar refractivity (Wildman–Crippen MR) is 87.0 cm³/mol. The molecular weight excluding hydrogens is 262 g/mol. The highest BCUT2D eigenvalue weighted by Crippen LogP contribution is 2.22. The molecule has 1 fully saturated rings. The maximum atomic E-state index is 11.9. The van der Waals surface area contributed by atoms with Crippen LogP contribution >= 0.6 is 0 Å². The number of nitrogens with two attached hydrogens (primary N) is 1. The molecule has 2 unspecified atom stereocenters. The lowest BCUT2D eigenvalue weighted by atomic mass is 10.1. The van der Waals surface area contributed by atoms with E-state index in [0.717, 1.165) is 30.1 Å². The van der Waals surface area contributed by atoms with Gasteiger partial charge in [0.05, 0.1) is 0 Å². The lowest BCUT2D eigenvalue weighted by molar-refractivity contribution is -0.116.